The second-order valence-electron chi connectivity index (χ2n) is 5.06. The first-order valence-corrected chi connectivity index (χ1v) is 6.60. The molecule has 1 amide bonds. The fourth-order valence-electron chi connectivity index (χ4n) is 2.58. The Morgan fingerprint density at radius 1 is 1.28 bits per heavy atom. The van der Waals surface area contributed by atoms with E-state index in [4.69, 9.17) is 9.84 Å². The molecule has 0 bridgehead atoms. The predicted octanol–water partition coefficient (Wildman–Crippen LogP) is 1.71. The number of hydrogen-bond acceptors (Lipinski definition) is 3. The van der Waals surface area contributed by atoms with Gasteiger partial charge < -0.3 is 15.2 Å². The summed E-state index contributed by atoms with van der Waals surface area (Å²) in [6, 6.07) is 0. The molecule has 1 saturated carbocycles. The molecule has 0 aromatic rings. The lowest BCUT2D eigenvalue weighted by Gasteiger charge is -2.28. The minimum absolute atomic E-state index is 0.0331. The monoisotopic (exact) mass is 257 g/mol. The Morgan fingerprint density at radius 3 is 2.50 bits per heavy atom. The number of ether oxygens (including phenoxy) is 1. The number of hydrogen-bond donors (Lipinski definition) is 2. The standard InChI is InChI=1S/C13H23NO4/c1-18-9-5-2-6-11(15)14-13(10-12(16)17)7-3-4-8-13/h2-10H2,1H3,(H,14,15)(H,16,17). The molecule has 1 rings (SSSR count). The number of carboxylic acid groups (broad SMARTS) is 1. The molecular formula is C13H23NO4. The number of nitrogens with one attached hydrogen (secondary N) is 1. The van der Waals surface area contributed by atoms with Gasteiger partial charge in [0, 0.05) is 20.1 Å². The molecule has 1 aliphatic carbocycles. The van der Waals surface area contributed by atoms with Gasteiger partial charge in [0.15, 0.2) is 0 Å². The average molecular weight is 257 g/mol. The Kier molecular flexibility index (Phi) is 6.12. The van der Waals surface area contributed by atoms with Crippen molar-refractivity contribution in [3.05, 3.63) is 0 Å². The molecule has 0 aromatic carbocycles. The zero-order valence-electron chi connectivity index (χ0n) is 11.0. The maximum absolute atomic E-state index is 11.8. The topological polar surface area (TPSA) is 75.6 Å². The summed E-state index contributed by atoms with van der Waals surface area (Å²) in [6.07, 6.45) is 5.68. The van der Waals surface area contributed by atoms with Crippen molar-refractivity contribution in [1.29, 1.82) is 0 Å². The van der Waals surface area contributed by atoms with Crippen LogP contribution >= 0.6 is 0 Å². The van der Waals surface area contributed by atoms with Gasteiger partial charge in [0.1, 0.15) is 0 Å². The van der Waals surface area contributed by atoms with Crippen molar-refractivity contribution in [2.75, 3.05) is 13.7 Å². The third-order valence-electron chi connectivity index (χ3n) is 3.46. The lowest BCUT2D eigenvalue weighted by molar-refractivity contribution is -0.139. The molecule has 0 aromatic heterocycles. The van der Waals surface area contributed by atoms with Crippen LogP contribution in [0.2, 0.25) is 0 Å². The van der Waals surface area contributed by atoms with Crippen molar-refractivity contribution in [1.82, 2.24) is 5.32 Å². The zero-order valence-corrected chi connectivity index (χ0v) is 11.0. The molecular weight excluding hydrogens is 234 g/mol. The maximum atomic E-state index is 11.8. The van der Waals surface area contributed by atoms with Crippen molar-refractivity contribution >= 4 is 11.9 Å². The lowest BCUT2D eigenvalue weighted by atomic mass is 9.93. The molecule has 0 atom stereocenters. The summed E-state index contributed by atoms with van der Waals surface area (Å²) in [6.45, 7) is 0.660. The van der Waals surface area contributed by atoms with Crippen LogP contribution in [0.4, 0.5) is 0 Å². The number of unbranched alkanes of at least 4 members (excludes halogenated alkanes) is 1. The van der Waals surface area contributed by atoms with E-state index in [1.165, 1.54) is 0 Å². The van der Waals surface area contributed by atoms with Crippen LogP contribution < -0.4 is 5.32 Å². The maximum Gasteiger partial charge on any atom is 0.305 e. The van der Waals surface area contributed by atoms with Crippen LogP contribution in [-0.4, -0.2) is 36.2 Å². The van der Waals surface area contributed by atoms with Crippen molar-refractivity contribution in [2.45, 2.75) is 56.9 Å². The van der Waals surface area contributed by atoms with Crippen LogP contribution in [0.15, 0.2) is 0 Å². The second kappa shape index (κ2) is 7.36. The number of carboxylic acids is 1. The summed E-state index contributed by atoms with van der Waals surface area (Å²) in [4.78, 5) is 22.7. The van der Waals surface area contributed by atoms with Crippen molar-refractivity contribution in [3.63, 3.8) is 0 Å². The van der Waals surface area contributed by atoms with Crippen LogP contribution in [0.3, 0.4) is 0 Å². The highest BCUT2D eigenvalue weighted by molar-refractivity contribution is 5.78. The Bertz CT molecular complexity index is 285. The van der Waals surface area contributed by atoms with Crippen molar-refractivity contribution in [3.8, 4) is 0 Å². The van der Waals surface area contributed by atoms with E-state index in [1.807, 2.05) is 0 Å². The molecule has 104 valence electrons. The zero-order chi connectivity index (χ0) is 13.4. The van der Waals surface area contributed by atoms with E-state index in [-0.39, 0.29) is 12.3 Å². The van der Waals surface area contributed by atoms with Crippen LogP contribution in [0.5, 0.6) is 0 Å². The molecule has 1 fully saturated rings. The SMILES string of the molecule is COCCCCC(=O)NC1(CC(=O)O)CCCC1. The van der Waals surface area contributed by atoms with E-state index >= 15 is 0 Å². The van der Waals surface area contributed by atoms with E-state index in [0.29, 0.717) is 13.0 Å². The van der Waals surface area contributed by atoms with E-state index < -0.39 is 11.5 Å². The Morgan fingerprint density at radius 2 is 1.94 bits per heavy atom. The molecule has 0 aliphatic heterocycles. The summed E-state index contributed by atoms with van der Waals surface area (Å²) < 4.78 is 4.92. The Hall–Kier alpha value is -1.10. The van der Waals surface area contributed by atoms with Gasteiger partial charge in [-0.15, -0.1) is 0 Å². The van der Waals surface area contributed by atoms with Crippen LogP contribution in [0.25, 0.3) is 0 Å². The molecule has 2 N–H and O–H groups in total. The minimum Gasteiger partial charge on any atom is -0.481 e. The number of carbonyl (C=O) groups is 2. The molecule has 0 spiro atoms. The van der Waals surface area contributed by atoms with Gasteiger partial charge in [-0.25, -0.2) is 0 Å². The third-order valence-corrected chi connectivity index (χ3v) is 3.46. The van der Waals surface area contributed by atoms with Crippen LogP contribution in [-0.2, 0) is 14.3 Å². The second-order valence-corrected chi connectivity index (χ2v) is 5.06. The molecule has 0 radical (unpaired) electrons. The number of rotatable bonds is 8. The third kappa shape index (κ3) is 5.04. The highest BCUT2D eigenvalue weighted by atomic mass is 16.5. The number of aliphatic carboxylic acids is 1. The van der Waals surface area contributed by atoms with Crippen molar-refractivity contribution < 1.29 is 19.4 Å². The quantitative estimate of drug-likeness (QED) is 0.649. The van der Waals surface area contributed by atoms with Gasteiger partial charge in [-0.3, -0.25) is 9.59 Å². The number of methoxy groups -OCH3 is 1. The van der Waals surface area contributed by atoms with Gasteiger partial charge in [-0.2, -0.15) is 0 Å². The molecule has 5 nitrogen and oxygen atoms in total. The summed E-state index contributed by atoms with van der Waals surface area (Å²) in [7, 11) is 1.64. The highest BCUT2D eigenvalue weighted by Gasteiger charge is 2.37. The molecule has 5 heteroatoms. The number of amides is 1. The highest BCUT2D eigenvalue weighted by Crippen LogP contribution is 2.32. The van der Waals surface area contributed by atoms with E-state index in [1.54, 1.807) is 7.11 Å². The molecule has 0 unspecified atom stereocenters. The molecule has 18 heavy (non-hydrogen) atoms. The van der Waals surface area contributed by atoms with Gasteiger partial charge in [0.05, 0.1) is 12.0 Å². The molecule has 0 heterocycles. The van der Waals surface area contributed by atoms with Crippen LogP contribution in [0, 0.1) is 0 Å². The van der Waals surface area contributed by atoms with Gasteiger partial charge in [0.25, 0.3) is 0 Å². The van der Waals surface area contributed by atoms with E-state index in [2.05, 4.69) is 5.32 Å². The molecule has 1 aliphatic rings. The average Bonchev–Trinajstić information content (AvgIpc) is 2.71. The Balaban J connectivity index is 2.36. The Labute approximate surface area is 108 Å². The summed E-state index contributed by atoms with van der Waals surface area (Å²) in [5.41, 5.74) is -0.496. The fraction of sp³-hybridized carbons (Fsp3) is 0.846. The predicted molar refractivity (Wildman–Crippen MR) is 67.3 cm³/mol. The van der Waals surface area contributed by atoms with Gasteiger partial charge >= 0.3 is 5.97 Å². The largest absolute Gasteiger partial charge is 0.481 e. The summed E-state index contributed by atoms with van der Waals surface area (Å²) >= 11 is 0. The first-order valence-electron chi connectivity index (χ1n) is 6.60. The van der Waals surface area contributed by atoms with Gasteiger partial charge in [-0.05, 0) is 25.7 Å². The first-order chi connectivity index (χ1) is 8.58. The normalized spacial score (nSPS) is 17.6. The van der Waals surface area contributed by atoms with E-state index in [9.17, 15) is 9.59 Å². The van der Waals surface area contributed by atoms with E-state index in [0.717, 1.165) is 38.5 Å². The van der Waals surface area contributed by atoms with Gasteiger partial charge in [0.2, 0.25) is 5.91 Å². The minimum atomic E-state index is -0.836. The summed E-state index contributed by atoms with van der Waals surface area (Å²) in [5.74, 6) is -0.870. The molecule has 0 saturated heterocycles. The van der Waals surface area contributed by atoms with Crippen LogP contribution in [0.1, 0.15) is 51.4 Å². The smallest absolute Gasteiger partial charge is 0.305 e. The first kappa shape index (κ1) is 15.0. The summed E-state index contributed by atoms with van der Waals surface area (Å²) in [5, 5.41) is 11.9. The number of carbonyl (C=O) groups excluding carboxylic acids is 1. The lowest BCUT2D eigenvalue weighted by Crippen LogP contribution is -2.47. The van der Waals surface area contributed by atoms with Gasteiger partial charge in [-0.1, -0.05) is 12.8 Å². The van der Waals surface area contributed by atoms with Crippen molar-refractivity contribution in [2.24, 2.45) is 0 Å². The fourth-order valence-corrected chi connectivity index (χ4v) is 2.58.